The Morgan fingerprint density at radius 3 is 2.12 bits per heavy atom. The molecule has 0 aliphatic carbocycles. The van der Waals surface area contributed by atoms with Gasteiger partial charge in [0, 0.05) is 0 Å². The number of alkyl halides is 6. The number of anilines is 1. The van der Waals surface area contributed by atoms with Crippen LogP contribution in [-0.2, 0) is 16.2 Å². The normalized spacial score (nSPS) is 12.9. The summed E-state index contributed by atoms with van der Waals surface area (Å²) in [6.45, 7) is 0. The predicted octanol–water partition coefficient (Wildman–Crippen LogP) is 6.51. The molecule has 0 aliphatic heterocycles. The molecule has 180 valence electrons. The van der Waals surface area contributed by atoms with Crippen LogP contribution in [0.15, 0.2) is 53.4 Å². The molecule has 0 atom stereocenters. The van der Waals surface area contributed by atoms with Crippen molar-refractivity contribution < 1.29 is 39.5 Å². The van der Waals surface area contributed by atoms with Crippen LogP contribution in [0.1, 0.15) is 5.56 Å². The van der Waals surface area contributed by atoms with Gasteiger partial charge in [-0.1, -0.05) is 23.2 Å². The van der Waals surface area contributed by atoms with Crippen LogP contribution in [0.2, 0.25) is 10.0 Å². The summed E-state index contributed by atoms with van der Waals surface area (Å²) in [6, 6.07) is 6.97. The SMILES string of the molecule is O=S(=O)(Nc1cc(C(F)(F)F)cc2nc3cc(Cl)c(Cl)cc3n12)c1ccc(OC(F)(F)F)cc1. The molecule has 0 spiro atoms. The summed E-state index contributed by atoms with van der Waals surface area (Å²) >= 11 is 12.0. The van der Waals surface area contributed by atoms with E-state index in [4.69, 9.17) is 23.2 Å². The number of aromatic nitrogens is 2. The lowest BCUT2D eigenvalue weighted by molar-refractivity contribution is -0.274. The van der Waals surface area contributed by atoms with Crippen molar-refractivity contribution in [1.29, 1.82) is 0 Å². The molecule has 6 nitrogen and oxygen atoms in total. The van der Waals surface area contributed by atoms with Crippen LogP contribution < -0.4 is 9.46 Å². The molecule has 2 aromatic heterocycles. The van der Waals surface area contributed by atoms with Crippen molar-refractivity contribution >= 4 is 55.7 Å². The third kappa shape index (κ3) is 4.81. The van der Waals surface area contributed by atoms with Gasteiger partial charge in [-0.25, -0.2) is 13.4 Å². The topological polar surface area (TPSA) is 72.7 Å². The van der Waals surface area contributed by atoms with Crippen molar-refractivity contribution in [1.82, 2.24) is 9.38 Å². The molecule has 0 aliphatic rings. The van der Waals surface area contributed by atoms with Crippen LogP contribution in [0.25, 0.3) is 16.7 Å². The Bertz CT molecular complexity index is 1520. The second kappa shape index (κ2) is 8.10. The first-order chi connectivity index (χ1) is 15.6. The molecule has 15 heteroatoms. The quantitative estimate of drug-likeness (QED) is 0.298. The zero-order valence-corrected chi connectivity index (χ0v) is 18.5. The summed E-state index contributed by atoms with van der Waals surface area (Å²) < 4.78 is 110. The summed E-state index contributed by atoms with van der Waals surface area (Å²) in [4.78, 5) is 3.53. The van der Waals surface area contributed by atoms with Crippen LogP contribution in [0.4, 0.5) is 32.2 Å². The van der Waals surface area contributed by atoms with E-state index in [9.17, 15) is 34.8 Å². The number of sulfonamides is 1. The highest BCUT2D eigenvalue weighted by Gasteiger charge is 2.33. The molecule has 0 unspecified atom stereocenters. The molecule has 34 heavy (non-hydrogen) atoms. The minimum Gasteiger partial charge on any atom is -0.406 e. The van der Waals surface area contributed by atoms with Gasteiger partial charge in [0.1, 0.15) is 17.2 Å². The fraction of sp³-hybridized carbons (Fsp3) is 0.105. The molecule has 1 N–H and O–H groups in total. The summed E-state index contributed by atoms with van der Waals surface area (Å²) in [5.74, 6) is -1.22. The molecular formula is C19H9Cl2F6N3O3S. The van der Waals surface area contributed by atoms with Gasteiger partial charge in [-0.15, -0.1) is 13.2 Å². The zero-order valence-electron chi connectivity index (χ0n) is 16.2. The highest BCUT2D eigenvalue weighted by Crippen LogP contribution is 2.36. The van der Waals surface area contributed by atoms with E-state index in [-0.39, 0.29) is 26.7 Å². The number of halogens is 8. The van der Waals surface area contributed by atoms with Gasteiger partial charge in [-0.2, -0.15) is 13.2 Å². The van der Waals surface area contributed by atoms with E-state index in [1.54, 1.807) is 0 Å². The van der Waals surface area contributed by atoms with Crippen LogP contribution >= 0.6 is 23.2 Å². The fourth-order valence-electron chi connectivity index (χ4n) is 3.09. The first-order valence-electron chi connectivity index (χ1n) is 8.91. The van der Waals surface area contributed by atoms with Gasteiger partial charge < -0.3 is 4.74 Å². The van der Waals surface area contributed by atoms with Crippen molar-refractivity contribution in [2.24, 2.45) is 0 Å². The van der Waals surface area contributed by atoms with Gasteiger partial charge in [0.15, 0.2) is 0 Å². The van der Waals surface area contributed by atoms with E-state index in [0.29, 0.717) is 12.1 Å². The smallest absolute Gasteiger partial charge is 0.406 e. The summed E-state index contributed by atoms with van der Waals surface area (Å²) in [5, 5.41) is 0.127. The highest BCUT2D eigenvalue weighted by molar-refractivity contribution is 7.92. The van der Waals surface area contributed by atoms with Gasteiger partial charge in [0.05, 0.1) is 31.5 Å². The minimum absolute atomic E-state index is 0.0462. The van der Waals surface area contributed by atoms with E-state index in [1.807, 2.05) is 4.72 Å². The van der Waals surface area contributed by atoms with E-state index in [2.05, 4.69) is 9.72 Å². The molecule has 0 saturated carbocycles. The molecule has 2 heterocycles. The van der Waals surface area contributed by atoms with E-state index in [0.717, 1.165) is 28.7 Å². The number of fused-ring (bicyclic) bond motifs is 3. The third-order valence-electron chi connectivity index (χ3n) is 4.47. The summed E-state index contributed by atoms with van der Waals surface area (Å²) in [6.07, 6.45) is -9.83. The maximum absolute atomic E-state index is 13.5. The first kappa shape index (κ1) is 24.2. The number of nitrogens with zero attached hydrogens (tertiary/aromatic N) is 2. The molecule has 0 radical (unpaired) electrons. The van der Waals surface area contributed by atoms with Crippen LogP contribution in [-0.4, -0.2) is 24.2 Å². The van der Waals surface area contributed by atoms with Gasteiger partial charge in [-0.05, 0) is 48.5 Å². The average molecular weight is 544 g/mol. The lowest BCUT2D eigenvalue weighted by Gasteiger charge is -2.15. The number of hydrogen-bond acceptors (Lipinski definition) is 4. The molecule has 2 aromatic carbocycles. The lowest BCUT2D eigenvalue weighted by Crippen LogP contribution is -2.18. The molecule has 0 saturated heterocycles. The van der Waals surface area contributed by atoms with Gasteiger partial charge in [0.25, 0.3) is 10.0 Å². The second-order valence-corrected chi connectivity index (χ2v) is 9.31. The minimum atomic E-state index is -4.99. The molecule has 4 rings (SSSR count). The molecule has 0 bridgehead atoms. The van der Waals surface area contributed by atoms with E-state index < -0.39 is 44.6 Å². The summed E-state index contributed by atoms with van der Waals surface area (Å²) in [7, 11) is -4.55. The van der Waals surface area contributed by atoms with Crippen molar-refractivity contribution in [2.75, 3.05) is 4.72 Å². The first-order valence-corrected chi connectivity index (χ1v) is 11.1. The second-order valence-electron chi connectivity index (χ2n) is 6.81. The number of imidazole rings is 1. The number of nitrogens with one attached hydrogen (secondary N) is 1. The molecular weight excluding hydrogens is 535 g/mol. The van der Waals surface area contributed by atoms with Crippen LogP contribution in [0.5, 0.6) is 5.75 Å². The monoisotopic (exact) mass is 543 g/mol. The number of pyridine rings is 1. The van der Waals surface area contributed by atoms with Crippen molar-refractivity contribution in [2.45, 2.75) is 17.4 Å². The van der Waals surface area contributed by atoms with Gasteiger partial charge in [-0.3, -0.25) is 9.12 Å². The highest BCUT2D eigenvalue weighted by atomic mass is 35.5. The third-order valence-corrected chi connectivity index (χ3v) is 6.57. The Kier molecular flexibility index (Phi) is 5.77. The molecule has 0 fully saturated rings. The number of rotatable bonds is 4. The Balaban J connectivity index is 1.84. The zero-order chi connectivity index (χ0) is 25.1. The average Bonchev–Trinajstić information content (AvgIpc) is 3.04. The lowest BCUT2D eigenvalue weighted by atomic mass is 10.2. The number of hydrogen-bond donors (Lipinski definition) is 1. The molecule has 4 aromatic rings. The fourth-order valence-corrected chi connectivity index (χ4v) is 4.44. The number of benzene rings is 2. The van der Waals surface area contributed by atoms with Crippen molar-refractivity contribution in [3.05, 3.63) is 64.1 Å². The van der Waals surface area contributed by atoms with Crippen molar-refractivity contribution in [3.63, 3.8) is 0 Å². The van der Waals surface area contributed by atoms with Crippen molar-refractivity contribution in [3.8, 4) is 5.75 Å². The summed E-state index contributed by atoms with van der Waals surface area (Å²) in [5.41, 5.74) is -1.15. The Morgan fingerprint density at radius 2 is 1.53 bits per heavy atom. The van der Waals surface area contributed by atoms with Gasteiger partial charge in [0.2, 0.25) is 0 Å². The standard InChI is InChI=1S/C19H9Cl2F6N3O3S/c20-12-7-14-15(8-13(12)21)30-16(28-14)5-9(18(22,23)24)6-17(30)29-34(31,32)11-3-1-10(2-4-11)33-19(25,26)27/h1-8,29H. The Hall–Kier alpha value is -2.90. The largest absolute Gasteiger partial charge is 0.573 e. The van der Waals surface area contributed by atoms with E-state index in [1.165, 1.54) is 12.1 Å². The van der Waals surface area contributed by atoms with E-state index >= 15 is 0 Å². The Labute approximate surface area is 196 Å². The Morgan fingerprint density at radius 1 is 0.912 bits per heavy atom. The maximum atomic E-state index is 13.5. The van der Waals surface area contributed by atoms with Crippen LogP contribution in [0, 0.1) is 0 Å². The van der Waals surface area contributed by atoms with Crippen LogP contribution in [0.3, 0.4) is 0 Å². The maximum Gasteiger partial charge on any atom is 0.573 e. The molecule has 0 amide bonds. The number of ether oxygens (including phenoxy) is 1. The predicted molar refractivity (Wildman–Crippen MR) is 112 cm³/mol. The van der Waals surface area contributed by atoms with Gasteiger partial charge >= 0.3 is 12.5 Å².